The van der Waals surface area contributed by atoms with Gasteiger partial charge >= 0.3 is 26.2 Å². The molecule has 1 atom stereocenters. The average Bonchev–Trinajstić information content (AvgIpc) is 3.66. The summed E-state index contributed by atoms with van der Waals surface area (Å²) < 4.78 is 0. The van der Waals surface area contributed by atoms with Gasteiger partial charge in [-0.25, -0.2) is 0 Å². The van der Waals surface area contributed by atoms with Crippen LogP contribution in [-0.4, -0.2) is 0 Å². The molecule has 0 aliphatic heterocycles. The monoisotopic (exact) mass is 672 g/mol. The molecule has 0 saturated carbocycles. The Kier molecular flexibility index (Phi) is 12.3. The number of fused-ring (bicyclic) bond motifs is 3. The molecule has 0 radical (unpaired) electrons. The molecule has 0 nitrogen and oxygen atoms in total. The average molecular weight is 675 g/mol. The van der Waals surface area contributed by atoms with Crippen LogP contribution in [0, 0.1) is 29.1 Å². The summed E-state index contributed by atoms with van der Waals surface area (Å²) in [6.07, 6.45) is 11.9. The standard InChI is InChI=1S/C40H32.2ClH.Zr/c1-3-4-27-40(2,34-17-11-12-18-34)39-37-28-32(21-19-30-13-7-5-8-14-30)23-25-35(37)36-26-24-33(29-38(36)39)22-20-31-15-9-6-10-16-31;;;/h3,5-17,23-26,28-29,39H,1,4,18,27H2,2H3;2*1H;/q;;;+2/p-2. The second-order valence-corrected chi connectivity index (χ2v) is 10.8. The van der Waals surface area contributed by atoms with Crippen molar-refractivity contribution < 1.29 is 51.0 Å². The third-order valence-corrected chi connectivity index (χ3v) is 8.28. The first-order valence-corrected chi connectivity index (χ1v) is 14.1. The number of rotatable bonds is 5. The SMILES string of the molecule is C=CCCC(C)(C1=CC=CC1)C1c2cc(C#Cc3ccccc3)ccc2-c2ccc(C#Cc3ccccc3)cc21.[Cl-].[Cl-].[Zr+2]. The van der Waals surface area contributed by atoms with Gasteiger partial charge in [0.25, 0.3) is 0 Å². The molecule has 0 saturated heterocycles. The van der Waals surface area contributed by atoms with Gasteiger partial charge in [0.2, 0.25) is 0 Å². The van der Waals surface area contributed by atoms with Crippen molar-refractivity contribution in [1.82, 2.24) is 0 Å². The minimum absolute atomic E-state index is 0. The Morgan fingerprint density at radius 3 is 1.65 bits per heavy atom. The van der Waals surface area contributed by atoms with E-state index in [4.69, 9.17) is 0 Å². The van der Waals surface area contributed by atoms with Gasteiger partial charge in [0.1, 0.15) is 0 Å². The van der Waals surface area contributed by atoms with E-state index in [1.807, 2.05) is 36.4 Å². The smallest absolute Gasteiger partial charge is 1.00 e. The molecule has 43 heavy (non-hydrogen) atoms. The summed E-state index contributed by atoms with van der Waals surface area (Å²) in [5.74, 6) is 13.8. The Balaban J connectivity index is 0.00000169. The van der Waals surface area contributed by atoms with E-state index >= 15 is 0 Å². The van der Waals surface area contributed by atoms with Gasteiger partial charge in [-0.1, -0.05) is 109 Å². The number of allylic oxidation sites excluding steroid dienone is 5. The van der Waals surface area contributed by atoms with Gasteiger partial charge in [0.05, 0.1) is 0 Å². The van der Waals surface area contributed by atoms with Gasteiger partial charge in [-0.3, -0.25) is 0 Å². The van der Waals surface area contributed by atoms with Crippen molar-refractivity contribution in [3.05, 3.63) is 167 Å². The van der Waals surface area contributed by atoms with Crippen molar-refractivity contribution in [3.8, 4) is 34.8 Å². The fourth-order valence-corrected chi connectivity index (χ4v) is 6.20. The molecule has 0 bridgehead atoms. The maximum absolute atomic E-state index is 4.07. The summed E-state index contributed by atoms with van der Waals surface area (Å²) >= 11 is 0. The topological polar surface area (TPSA) is 0 Å². The molecule has 210 valence electrons. The van der Waals surface area contributed by atoms with E-state index in [-0.39, 0.29) is 62.4 Å². The zero-order chi connectivity index (χ0) is 27.4. The molecule has 4 aromatic carbocycles. The molecular weight excluding hydrogens is 643 g/mol. The number of halogens is 2. The predicted molar refractivity (Wildman–Crippen MR) is 168 cm³/mol. The number of hydrogen-bond donors (Lipinski definition) is 0. The second-order valence-electron chi connectivity index (χ2n) is 10.8. The van der Waals surface area contributed by atoms with Gasteiger partial charge in [0.15, 0.2) is 0 Å². The quantitative estimate of drug-likeness (QED) is 0.225. The van der Waals surface area contributed by atoms with Crippen LogP contribution < -0.4 is 24.8 Å². The molecule has 0 heterocycles. The van der Waals surface area contributed by atoms with Crippen LogP contribution in [0.3, 0.4) is 0 Å². The van der Waals surface area contributed by atoms with Gasteiger partial charge in [-0.2, -0.15) is 0 Å². The van der Waals surface area contributed by atoms with Crippen molar-refractivity contribution in [1.29, 1.82) is 0 Å². The first kappa shape index (κ1) is 34.2. The van der Waals surface area contributed by atoms with E-state index < -0.39 is 0 Å². The van der Waals surface area contributed by atoms with Crippen LogP contribution in [0.15, 0.2) is 134 Å². The Labute approximate surface area is 288 Å². The van der Waals surface area contributed by atoms with E-state index in [9.17, 15) is 0 Å². The zero-order valence-corrected chi connectivity index (χ0v) is 28.2. The first-order valence-electron chi connectivity index (χ1n) is 14.1. The first-order chi connectivity index (χ1) is 19.7. The molecule has 0 N–H and O–H groups in total. The molecule has 0 amide bonds. The van der Waals surface area contributed by atoms with Crippen molar-refractivity contribution in [2.24, 2.45) is 5.41 Å². The summed E-state index contributed by atoms with van der Waals surface area (Å²) in [6, 6.07) is 34.0. The van der Waals surface area contributed by atoms with Crippen LogP contribution in [0.1, 0.15) is 65.5 Å². The van der Waals surface area contributed by atoms with E-state index in [1.54, 1.807) is 0 Å². The van der Waals surface area contributed by atoms with E-state index in [1.165, 1.54) is 27.8 Å². The summed E-state index contributed by atoms with van der Waals surface area (Å²) in [6.45, 7) is 6.52. The normalized spacial score (nSPS) is 13.6. The van der Waals surface area contributed by atoms with E-state index in [0.29, 0.717) is 0 Å². The molecule has 2 aliphatic carbocycles. The molecule has 0 aromatic heterocycles. The van der Waals surface area contributed by atoms with Gasteiger partial charge in [-0.05, 0) is 90.0 Å². The Bertz CT molecular complexity index is 1650. The summed E-state index contributed by atoms with van der Waals surface area (Å²) in [5.41, 5.74) is 10.9. The Hall–Kier alpha value is -3.32. The number of benzene rings is 4. The van der Waals surface area contributed by atoms with E-state index in [2.05, 4.69) is 122 Å². The zero-order valence-electron chi connectivity index (χ0n) is 24.2. The molecular formula is C40H32Cl2Zr. The molecule has 0 spiro atoms. The van der Waals surface area contributed by atoms with Gasteiger partial charge in [-0.15, -0.1) is 6.58 Å². The minimum Gasteiger partial charge on any atom is -1.00 e. The van der Waals surface area contributed by atoms with Crippen molar-refractivity contribution in [3.63, 3.8) is 0 Å². The minimum atomic E-state index is -0.0609. The van der Waals surface area contributed by atoms with E-state index in [0.717, 1.165) is 41.5 Å². The molecule has 3 heteroatoms. The molecule has 2 aliphatic rings. The molecule has 1 unspecified atom stereocenters. The maximum atomic E-state index is 4.07. The maximum Gasteiger partial charge on any atom is 2.00 e. The largest absolute Gasteiger partial charge is 2.00 e. The summed E-state index contributed by atoms with van der Waals surface area (Å²) in [5, 5.41) is 0. The van der Waals surface area contributed by atoms with Gasteiger partial charge in [0, 0.05) is 33.6 Å². The summed E-state index contributed by atoms with van der Waals surface area (Å²) in [4.78, 5) is 0. The Morgan fingerprint density at radius 2 is 1.21 bits per heavy atom. The molecule has 4 aromatic rings. The third-order valence-electron chi connectivity index (χ3n) is 8.28. The van der Waals surface area contributed by atoms with Crippen molar-refractivity contribution in [2.75, 3.05) is 0 Å². The molecule has 0 fully saturated rings. The van der Waals surface area contributed by atoms with Crippen LogP contribution in [-0.2, 0) is 26.2 Å². The van der Waals surface area contributed by atoms with Crippen molar-refractivity contribution >= 4 is 0 Å². The second kappa shape index (κ2) is 15.4. The fourth-order valence-electron chi connectivity index (χ4n) is 6.20. The summed E-state index contributed by atoms with van der Waals surface area (Å²) in [7, 11) is 0. The fraction of sp³-hybridized carbons (Fsp3) is 0.150. The Morgan fingerprint density at radius 1 is 0.721 bits per heavy atom. The van der Waals surface area contributed by atoms with Crippen LogP contribution in [0.25, 0.3) is 11.1 Å². The van der Waals surface area contributed by atoms with Crippen LogP contribution >= 0.6 is 0 Å². The van der Waals surface area contributed by atoms with Crippen LogP contribution in [0.2, 0.25) is 0 Å². The molecule has 6 rings (SSSR count). The predicted octanol–water partition coefficient (Wildman–Crippen LogP) is 3.46. The van der Waals surface area contributed by atoms with Crippen LogP contribution in [0.5, 0.6) is 0 Å². The third kappa shape index (κ3) is 7.26. The number of hydrogen-bond acceptors (Lipinski definition) is 0. The van der Waals surface area contributed by atoms with Crippen molar-refractivity contribution in [2.45, 2.75) is 32.1 Å². The van der Waals surface area contributed by atoms with Gasteiger partial charge < -0.3 is 24.8 Å². The van der Waals surface area contributed by atoms with Crippen LogP contribution in [0.4, 0.5) is 0 Å².